The molecule has 0 fully saturated rings. The Hall–Kier alpha value is -3.59. The summed E-state index contributed by atoms with van der Waals surface area (Å²) in [6.07, 6.45) is 1.70. The van der Waals surface area contributed by atoms with Gasteiger partial charge in [-0.15, -0.1) is 11.3 Å². The highest BCUT2D eigenvalue weighted by Gasteiger charge is 2.20. The minimum absolute atomic E-state index is 0.112. The van der Waals surface area contributed by atoms with Gasteiger partial charge in [-0.3, -0.25) is 4.79 Å². The largest absolute Gasteiger partial charge is 0.496 e. The minimum atomic E-state index is -0.222. The predicted molar refractivity (Wildman–Crippen MR) is 128 cm³/mol. The second-order valence-electron chi connectivity index (χ2n) is 7.65. The fourth-order valence-corrected chi connectivity index (χ4v) is 4.32. The molecule has 9 heteroatoms. The Labute approximate surface area is 196 Å². The molecule has 8 nitrogen and oxygen atoms in total. The molecule has 1 amide bonds. The van der Waals surface area contributed by atoms with Crippen molar-refractivity contribution in [3.05, 3.63) is 53.0 Å². The van der Waals surface area contributed by atoms with Crippen LogP contribution in [0, 0.1) is 0 Å². The van der Waals surface area contributed by atoms with E-state index in [4.69, 9.17) is 19.2 Å². The Morgan fingerprint density at radius 3 is 2.45 bits per heavy atom. The summed E-state index contributed by atoms with van der Waals surface area (Å²) in [4.78, 5) is 19.1. The van der Waals surface area contributed by atoms with Crippen LogP contribution < -0.4 is 19.5 Å². The summed E-state index contributed by atoms with van der Waals surface area (Å²) in [6.45, 7) is 4.32. The number of ether oxygens (including phenoxy) is 3. The maximum absolute atomic E-state index is 13.3. The first-order valence-electron chi connectivity index (χ1n) is 10.5. The molecule has 0 aliphatic heterocycles. The fourth-order valence-electron chi connectivity index (χ4n) is 3.64. The molecule has 3 aromatic heterocycles. The molecular formula is C24H26N4O4S. The number of aromatic nitrogens is 3. The number of methoxy groups -OCH3 is 3. The quantitative estimate of drug-likeness (QED) is 0.405. The Balaban J connectivity index is 1.70. The number of hydrogen-bond donors (Lipinski definition) is 1. The zero-order valence-electron chi connectivity index (χ0n) is 19.2. The van der Waals surface area contributed by atoms with Gasteiger partial charge >= 0.3 is 0 Å². The summed E-state index contributed by atoms with van der Waals surface area (Å²) in [5.74, 6) is 1.49. The Bertz CT molecular complexity index is 1280. The number of carbonyl (C=O) groups excluding carboxylic acids is 1. The summed E-state index contributed by atoms with van der Waals surface area (Å²) >= 11 is 1.58. The molecule has 0 aliphatic carbocycles. The van der Waals surface area contributed by atoms with Gasteiger partial charge in [-0.05, 0) is 37.4 Å². The molecule has 0 radical (unpaired) electrons. The van der Waals surface area contributed by atoms with E-state index in [0.717, 1.165) is 16.1 Å². The summed E-state index contributed by atoms with van der Waals surface area (Å²) in [6, 6.07) is 9.43. The van der Waals surface area contributed by atoms with Crippen LogP contribution in [0.4, 0.5) is 0 Å². The van der Waals surface area contributed by atoms with Crippen LogP contribution in [0.25, 0.3) is 21.6 Å². The number of rotatable bonds is 8. The molecule has 1 N–H and O–H groups in total. The van der Waals surface area contributed by atoms with Gasteiger partial charge in [-0.1, -0.05) is 6.07 Å². The van der Waals surface area contributed by atoms with Crippen molar-refractivity contribution in [3.8, 4) is 27.8 Å². The lowest BCUT2D eigenvalue weighted by atomic mass is 10.1. The van der Waals surface area contributed by atoms with E-state index in [9.17, 15) is 4.79 Å². The molecule has 0 bridgehead atoms. The van der Waals surface area contributed by atoms with Crippen molar-refractivity contribution in [1.29, 1.82) is 0 Å². The average Bonchev–Trinajstić information content (AvgIpc) is 3.51. The second kappa shape index (κ2) is 9.50. The van der Waals surface area contributed by atoms with Gasteiger partial charge in [-0.25, -0.2) is 9.67 Å². The van der Waals surface area contributed by atoms with Crippen molar-refractivity contribution < 1.29 is 19.0 Å². The monoisotopic (exact) mass is 466 g/mol. The van der Waals surface area contributed by atoms with Gasteiger partial charge in [0.25, 0.3) is 5.91 Å². The first-order chi connectivity index (χ1) is 16.0. The lowest BCUT2D eigenvalue weighted by Crippen LogP contribution is -2.23. The standard InChI is InChI=1S/C24H26N4O4S/c1-14(2)28-23-17(13-26-28)16(10-18(27-23)22-7-6-8-33-22)24(29)25-12-15-9-20(31-4)21(32-5)11-19(15)30-3/h6-11,13-14H,12H2,1-5H3,(H,25,29). The van der Waals surface area contributed by atoms with Crippen LogP contribution in [0.1, 0.15) is 35.8 Å². The Kier molecular flexibility index (Phi) is 6.50. The van der Waals surface area contributed by atoms with Gasteiger partial charge in [-0.2, -0.15) is 5.10 Å². The number of pyridine rings is 1. The molecule has 0 saturated carbocycles. The number of carbonyl (C=O) groups is 1. The molecule has 3 heterocycles. The summed E-state index contributed by atoms with van der Waals surface area (Å²) < 4.78 is 18.1. The van der Waals surface area contributed by atoms with E-state index in [-0.39, 0.29) is 18.5 Å². The Morgan fingerprint density at radius 2 is 1.82 bits per heavy atom. The summed E-state index contributed by atoms with van der Waals surface area (Å²) in [7, 11) is 4.71. The highest BCUT2D eigenvalue weighted by atomic mass is 32.1. The minimum Gasteiger partial charge on any atom is -0.496 e. The number of thiophene rings is 1. The van der Waals surface area contributed by atoms with Crippen LogP contribution in [0.15, 0.2) is 41.9 Å². The number of nitrogens with one attached hydrogen (secondary N) is 1. The van der Waals surface area contributed by atoms with Crippen LogP contribution >= 0.6 is 11.3 Å². The molecule has 33 heavy (non-hydrogen) atoms. The van der Waals surface area contributed by atoms with E-state index in [1.165, 1.54) is 0 Å². The van der Waals surface area contributed by atoms with E-state index in [0.29, 0.717) is 33.8 Å². The fraction of sp³-hybridized carbons (Fsp3) is 0.292. The highest BCUT2D eigenvalue weighted by molar-refractivity contribution is 7.13. The van der Waals surface area contributed by atoms with E-state index in [1.54, 1.807) is 51.0 Å². The van der Waals surface area contributed by atoms with E-state index >= 15 is 0 Å². The van der Waals surface area contributed by atoms with Crippen molar-refractivity contribution in [3.63, 3.8) is 0 Å². The lowest BCUT2D eigenvalue weighted by molar-refractivity contribution is 0.0952. The smallest absolute Gasteiger partial charge is 0.252 e. The SMILES string of the molecule is COc1cc(OC)c(OC)cc1CNC(=O)c1cc(-c2cccs2)nc2c1cnn2C(C)C. The zero-order chi connectivity index (χ0) is 23.5. The maximum Gasteiger partial charge on any atom is 0.252 e. The molecular weight excluding hydrogens is 440 g/mol. The second-order valence-corrected chi connectivity index (χ2v) is 8.60. The van der Waals surface area contributed by atoms with Crippen molar-refractivity contribution in [2.45, 2.75) is 26.4 Å². The van der Waals surface area contributed by atoms with E-state index < -0.39 is 0 Å². The third-order valence-corrected chi connectivity index (χ3v) is 6.19. The molecule has 1 aromatic carbocycles. The Morgan fingerprint density at radius 1 is 1.09 bits per heavy atom. The lowest BCUT2D eigenvalue weighted by Gasteiger charge is -2.15. The van der Waals surface area contributed by atoms with Crippen molar-refractivity contribution in [2.24, 2.45) is 0 Å². The third kappa shape index (κ3) is 4.36. The number of benzene rings is 1. The number of amides is 1. The summed E-state index contributed by atoms with van der Waals surface area (Å²) in [5.41, 5.74) is 2.72. The number of fused-ring (bicyclic) bond motifs is 1. The zero-order valence-corrected chi connectivity index (χ0v) is 20.0. The van der Waals surface area contributed by atoms with Crippen LogP contribution in [0.3, 0.4) is 0 Å². The maximum atomic E-state index is 13.3. The molecule has 4 aromatic rings. The van der Waals surface area contributed by atoms with Crippen molar-refractivity contribution in [2.75, 3.05) is 21.3 Å². The predicted octanol–water partition coefficient (Wildman–Crippen LogP) is 4.70. The van der Waals surface area contributed by atoms with Crippen LogP contribution in [-0.4, -0.2) is 42.0 Å². The van der Waals surface area contributed by atoms with E-state index in [1.807, 2.05) is 42.1 Å². The van der Waals surface area contributed by atoms with Gasteiger partial charge in [0.15, 0.2) is 17.1 Å². The summed E-state index contributed by atoms with van der Waals surface area (Å²) in [5, 5.41) is 10.2. The molecule has 0 unspecified atom stereocenters. The van der Waals surface area contributed by atoms with Crippen LogP contribution in [0.2, 0.25) is 0 Å². The molecule has 0 spiro atoms. The van der Waals surface area contributed by atoms with Crippen molar-refractivity contribution in [1.82, 2.24) is 20.1 Å². The molecule has 0 aliphatic rings. The average molecular weight is 467 g/mol. The number of nitrogens with zero attached hydrogens (tertiary/aromatic N) is 3. The molecule has 4 rings (SSSR count). The van der Waals surface area contributed by atoms with Crippen molar-refractivity contribution >= 4 is 28.3 Å². The normalized spacial score (nSPS) is 11.1. The molecule has 0 atom stereocenters. The van der Waals surface area contributed by atoms with Crippen LogP contribution in [-0.2, 0) is 6.54 Å². The first kappa shape index (κ1) is 22.6. The van der Waals surface area contributed by atoms with Gasteiger partial charge in [0.1, 0.15) is 5.75 Å². The van der Waals surface area contributed by atoms with E-state index in [2.05, 4.69) is 10.4 Å². The highest BCUT2D eigenvalue weighted by Crippen LogP contribution is 2.35. The van der Waals surface area contributed by atoms with Gasteiger partial charge in [0.2, 0.25) is 0 Å². The third-order valence-electron chi connectivity index (χ3n) is 5.30. The van der Waals surface area contributed by atoms with Gasteiger partial charge < -0.3 is 19.5 Å². The topological polar surface area (TPSA) is 87.5 Å². The first-order valence-corrected chi connectivity index (χ1v) is 11.3. The van der Waals surface area contributed by atoms with Gasteiger partial charge in [0.05, 0.1) is 49.0 Å². The van der Waals surface area contributed by atoms with Gasteiger partial charge in [0, 0.05) is 24.2 Å². The molecule has 0 saturated heterocycles. The number of hydrogen-bond acceptors (Lipinski definition) is 7. The van der Waals surface area contributed by atoms with Crippen LogP contribution in [0.5, 0.6) is 17.2 Å². The molecule has 172 valence electrons.